The molecule has 2 N–H and O–H groups in total. The molecular formula is C31H44N4O3. The summed E-state index contributed by atoms with van der Waals surface area (Å²) in [5.41, 5.74) is 2.77. The lowest BCUT2D eigenvalue weighted by atomic mass is 9.68. The van der Waals surface area contributed by atoms with Gasteiger partial charge >= 0.3 is 0 Å². The van der Waals surface area contributed by atoms with Gasteiger partial charge in [0.25, 0.3) is 5.91 Å². The number of nitrogens with zero attached hydrogens (tertiary/aromatic N) is 2. The average Bonchev–Trinajstić information content (AvgIpc) is 3.54. The van der Waals surface area contributed by atoms with E-state index in [0.29, 0.717) is 17.9 Å². The molecule has 3 fully saturated rings. The molecule has 2 aliphatic carbocycles. The van der Waals surface area contributed by atoms with Crippen molar-refractivity contribution in [1.29, 1.82) is 0 Å². The van der Waals surface area contributed by atoms with Gasteiger partial charge < -0.3 is 19.9 Å². The van der Waals surface area contributed by atoms with E-state index < -0.39 is 6.04 Å². The summed E-state index contributed by atoms with van der Waals surface area (Å²) < 4.78 is 7.58. The van der Waals surface area contributed by atoms with Crippen LogP contribution in [0.3, 0.4) is 0 Å². The maximum Gasteiger partial charge on any atom is 0.253 e. The van der Waals surface area contributed by atoms with Gasteiger partial charge in [-0.25, -0.2) is 0 Å². The van der Waals surface area contributed by atoms with Crippen LogP contribution in [0.2, 0.25) is 0 Å². The molecule has 38 heavy (non-hydrogen) atoms. The highest BCUT2D eigenvalue weighted by atomic mass is 16.5. The summed E-state index contributed by atoms with van der Waals surface area (Å²) in [4.78, 5) is 29.7. The minimum atomic E-state index is -0.639. The van der Waals surface area contributed by atoms with E-state index in [9.17, 15) is 9.59 Å². The lowest BCUT2D eigenvalue weighted by molar-refractivity contribution is -0.125. The molecule has 1 saturated heterocycles. The monoisotopic (exact) mass is 520 g/mol. The molecule has 7 heteroatoms. The molecule has 1 aromatic heterocycles. The molecule has 2 saturated carbocycles. The number of aromatic nitrogens is 1. The Bertz CT molecular complexity index is 1130. The van der Waals surface area contributed by atoms with Crippen LogP contribution in [0.1, 0.15) is 61.6 Å². The predicted octanol–water partition coefficient (Wildman–Crippen LogP) is 3.80. The summed E-state index contributed by atoms with van der Waals surface area (Å²) in [7, 11) is 0. The molecule has 3 unspecified atom stereocenters. The van der Waals surface area contributed by atoms with Crippen LogP contribution in [0.5, 0.6) is 0 Å². The van der Waals surface area contributed by atoms with Gasteiger partial charge in [0.2, 0.25) is 5.91 Å². The quantitative estimate of drug-likeness (QED) is 0.528. The first-order valence-electron chi connectivity index (χ1n) is 14.3. The molecule has 2 aromatic rings. The van der Waals surface area contributed by atoms with Gasteiger partial charge in [-0.3, -0.25) is 14.5 Å². The largest absolute Gasteiger partial charge is 0.379 e. The zero-order valence-corrected chi connectivity index (χ0v) is 23.5. The van der Waals surface area contributed by atoms with Gasteiger partial charge in [0, 0.05) is 50.5 Å². The van der Waals surface area contributed by atoms with Crippen molar-refractivity contribution in [2.75, 3.05) is 32.8 Å². The Labute approximate surface area is 227 Å². The van der Waals surface area contributed by atoms with Crippen molar-refractivity contribution in [2.24, 2.45) is 16.7 Å². The number of carbonyl (C=O) groups excluding carboxylic acids is 2. The summed E-state index contributed by atoms with van der Waals surface area (Å²) in [5, 5.41) is 6.53. The molecule has 0 spiro atoms. The molecule has 2 heterocycles. The molecule has 3 aliphatic rings. The van der Waals surface area contributed by atoms with E-state index in [1.165, 1.54) is 6.42 Å². The molecule has 2 amide bonds. The summed E-state index contributed by atoms with van der Waals surface area (Å²) in [6.45, 7) is 14.1. The minimum Gasteiger partial charge on any atom is -0.379 e. The molecule has 4 atom stereocenters. The SMILES string of the molecule is Cc1c(C(=O)N[C@@H](Cc2ccccc2)C(=O)NC2C3(C)CCC(C3)C2(C)C)ccn1CCN1CCOCC1. The number of amides is 2. The average molecular weight is 521 g/mol. The van der Waals surface area contributed by atoms with Gasteiger partial charge in [-0.05, 0) is 54.6 Å². The lowest BCUT2D eigenvalue weighted by Crippen LogP contribution is -2.57. The van der Waals surface area contributed by atoms with Crippen molar-refractivity contribution >= 4 is 11.8 Å². The van der Waals surface area contributed by atoms with Gasteiger partial charge in [0.15, 0.2) is 0 Å². The van der Waals surface area contributed by atoms with Crippen molar-refractivity contribution in [3.63, 3.8) is 0 Å². The van der Waals surface area contributed by atoms with Crippen molar-refractivity contribution in [3.8, 4) is 0 Å². The summed E-state index contributed by atoms with van der Waals surface area (Å²) in [6.07, 6.45) is 6.00. The predicted molar refractivity (Wildman–Crippen MR) is 149 cm³/mol. The Hall–Kier alpha value is -2.64. The van der Waals surface area contributed by atoms with Crippen LogP contribution in [-0.4, -0.2) is 66.2 Å². The Kier molecular flexibility index (Phi) is 7.70. The number of rotatable bonds is 9. The Morgan fingerprint density at radius 1 is 1.08 bits per heavy atom. The van der Waals surface area contributed by atoms with Gasteiger partial charge in [-0.1, -0.05) is 51.1 Å². The fraction of sp³-hybridized carbons (Fsp3) is 0.613. The molecule has 1 aromatic carbocycles. The maximum atomic E-state index is 13.8. The Morgan fingerprint density at radius 2 is 1.82 bits per heavy atom. The van der Waals surface area contributed by atoms with Crippen LogP contribution in [0.25, 0.3) is 0 Å². The van der Waals surface area contributed by atoms with E-state index in [1.54, 1.807) is 0 Å². The number of fused-ring (bicyclic) bond motifs is 2. The van der Waals surface area contributed by atoms with Gasteiger partial charge in [0.1, 0.15) is 6.04 Å². The number of carbonyl (C=O) groups is 2. The van der Waals surface area contributed by atoms with Crippen LogP contribution in [-0.2, 0) is 22.5 Å². The number of morpholine rings is 1. The molecule has 1 aliphatic heterocycles. The third-order valence-corrected chi connectivity index (χ3v) is 9.71. The molecule has 2 bridgehead atoms. The fourth-order valence-electron chi connectivity index (χ4n) is 7.31. The first-order valence-corrected chi connectivity index (χ1v) is 14.3. The highest BCUT2D eigenvalue weighted by Crippen LogP contribution is 2.62. The smallest absolute Gasteiger partial charge is 0.253 e. The van der Waals surface area contributed by atoms with E-state index in [2.05, 4.69) is 40.9 Å². The maximum absolute atomic E-state index is 13.8. The summed E-state index contributed by atoms with van der Waals surface area (Å²) in [6, 6.07) is 11.3. The molecular weight excluding hydrogens is 476 g/mol. The van der Waals surface area contributed by atoms with Gasteiger partial charge in [-0.15, -0.1) is 0 Å². The van der Waals surface area contributed by atoms with Crippen molar-refractivity contribution in [2.45, 2.75) is 72.0 Å². The third kappa shape index (κ3) is 5.41. The standard InChI is InChI=1S/C31H44N4O3/c1-22-25(11-13-35(22)15-14-34-16-18-38-19-17-34)27(36)32-26(20-23-8-6-5-7-9-23)28(37)33-29-30(2,3)24-10-12-31(29,4)21-24/h5-9,11,13,24,26,29H,10,12,14-21H2,1-4H3,(H,32,36)(H,33,37)/t24?,26-,29?,31?/m0/s1. The van der Waals surface area contributed by atoms with Crippen LogP contribution >= 0.6 is 0 Å². The molecule has 0 radical (unpaired) electrons. The van der Waals surface area contributed by atoms with Crippen molar-refractivity contribution in [3.05, 3.63) is 59.4 Å². The second-order valence-corrected chi connectivity index (χ2v) is 12.5. The van der Waals surface area contributed by atoms with E-state index >= 15 is 0 Å². The van der Waals surface area contributed by atoms with Crippen molar-refractivity contribution < 1.29 is 14.3 Å². The van der Waals surface area contributed by atoms with Gasteiger partial charge in [0.05, 0.1) is 18.8 Å². The number of benzene rings is 1. The summed E-state index contributed by atoms with van der Waals surface area (Å²) in [5.74, 6) is 0.361. The number of ether oxygens (including phenoxy) is 1. The van der Waals surface area contributed by atoms with E-state index in [0.717, 1.165) is 63.5 Å². The number of hydrogen-bond acceptors (Lipinski definition) is 4. The van der Waals surface area contributed by atoms with Gasteiger partial charge in [-0.2, -0.15) is 0 Å². The molecule has 7 nitrogen and oxygen atoms in total. The van der Waals surface area contributed by atoms with E-state index in [-0.39, 0.29) is 28.7 Å². The van der Waals surface area contributed by atoms with Crippen LogP contribution in [0.4, 0.5) is 0 Å². The first kappa shape index (κ1) is 26.9. The highest BCUT2D eigenvalue weighted by molar-refractivity contribution is 5.98. The Morgan fingerprint density at radius 3 is 2.50 bits per heavy atom. The second-order valence-electron chi connectivity index (χ2n) is 12.5. The van der Waals surface area contributed by atoms with E-state index in [4.69, 9.17) is 4.74 Å². The highest BCUT2D eigenvalue weighted by Gasteiger charge is 2.59. The van der Waals surface area contributed by atoms with Crippen LogP contribution in [0, 0.1) is 23.7 Å². The number of hydrogen-bond donors (Lipinski definition) is 2. The van der Waals surface area contributed by atoms with Crippen LogP contribution < -0.4 is 10.6 Å². The number of nitrogens with one attached hydrogen (secondary N) is 2. The fourth-order valence-corrected chi connectivity index (χ4v) is 7.31. The zero-order chi connectivity index (χ0) is 26.9. The van der Waals surface area contributed by atoms with Crippen LogP contribution in [0.15, 0.2) is 42.6 Å². The topological polar surface area (TPSA) is 75.6 Å². The Balaban J connectivity index is 1.29. The van der Waals surface area contributed by atoms with Crippen molar-refractivity contribution in [1.82, 2.24) is 20.1 Å². The third-order valence-electron chi connectivity index (χ3n) is 9.71. The minimum absolute atomic E-state index is 0.0538. The molecule has 5 rings (SSSR count). The van der Waals surface area contributed by atoms with E-state index in [1.807, 2.05) is 49.5 Å². The lowest BCUT2D eigenvalue weighted by Gasteiger charge is -2.43. The zero-order valence-electron chi connectivity index (χ0n) is 23.5. The second kappa shape index (κ2) is 10.9. The first-order chi connectivity index (χ1) is 18.2. The molecule has 206 valence electrons. The normalized spacial score (nSPS) is 27.3. The summed E-state index contributed by atoms with van der Waals surface area (Å²) >= 11 is 0.